The minimum absolute atomic E-state index is 0.241. The van der Waals surface area contributed by atoms with E-state index in [2.05, 4.69) is 10.4 Å². The summed E-state index contributed by atoms with van der Waals surface area (Å²) in [5.74, 6) is -0.374. The lowest BCUT2D eigenvalue weighted by Crippen LogP contribution is -2.28. The number of nitrogens with one attached hydrogen (secondary N) is 1. The minimum atomic E-state index is -0.405. The number of carbonyl (C=O) groups excluding carboxylic acids is 1. The molecule has 0 saturated heterocycles. The summed E-state index contributed by atoms with van der Waals surface area (Å²) in [5, 5.41) is 8.46. The average molecular weight is 490 g/mol. The fourth-order valence-corrected chi connectivity index (χ4v) is 4.86. The Labute approximate surface area is 204 Å². The summed E-state index contributed by atoms with van der Waals surface area (Å²) in [5.41, 5.74) is 3.78. The van der Waals surface area contributed by atoms with Crippen LogP contribution in [0.25, 0.3) is 16.7 Å². The summed E-state index contributed by atoms with van der Waals surface area (Å²) in [6.07, 6.45) is 0. The third-order valence-electron chi connectivity index (χ3n) is 5.41. The summed E-state index contributed by atoms with van der Waals surface area (Å²) in [4.78, 5) is 31.9. The van der Waals surface area contributed by atoms with Gasteiger partial charge in [0, 0.05) is 15.6 Å². The van der Waals surface area contributed by atoms with Gasteiger partial charge in [-0.15, -0.1) is 5.10 Å². The van der Waals surface area contributed by atoms with Crippen molar-refractivity contribution >= 4 is 51.6 Å². The molecule has 0 aliphatic rings. The highest BCUT2D eigenvalue weighted by atomic mass is 35.5. The molecule has 0 unspecified atom stereocenters. The normalized spacial score (nSPS) is 11.3. The molecule has 0 bridgehead atoms. The first kappa shape index (κ1) is 22.2. The second-order valence-corrected chi connectivity index (χ2v) is 9.35. The number of nitrogens with zero attached hydrogens (tertiary/aromatic N) is 4. The second-order valence-electron chi connectivity index (χ2n) is 7.88. The van der Waals surface area contributed by atoms with Crippen LogP contribution in [0.3, 0.4) is 0 Å². The van der Waals surface area contributed by atoms with E-state index in [9.17, 15) is 9.59 Å². The van der Waals surface area contributed by atoms with E-state index in [1.807, 2.05) is 62.4 Å². The molecule has 0 aliphatic carbocycles. The number of para-hydroxylation sites is 2. The maximum atomic E-state index is 13.3. The van der Waals surface area contributed by atoms with Gasteiger partial charge in [0.25, 0.3) is 0 Å². The first-order valence-corrected chi connectivity index (χ1v) is 11.8. The zero-order valence-corrected chi connectivity index (χ0v) is 20.0. The number of carbonyl (C=O) groups is 1. The van der Waals surface area contributed by atoms with E-state index in [0.29, 0.717) is 32.4 Å². The number of aryl methyl sites for hydroxylation is 1. The van der Waals surface area contributed by atoms with Gasteiger partial charge in [0.05, 0.1) is 11.0 Å². The van der Waals surface area contributed by atoms with Crippen LogP contribution in [-0.2, 0) is 11.3 Å². The maximum absolute atomic E-state index is 13.3. The zero-order valence-electron chi connectivity index (χ0n) is 18.4. The Morgan fingerprint density at radius 2 is 1.85 bits per heavy atom. The van der Waals surface area contributed by atoms with E-state index >= 15 is 0 Å². The highest BCUT2D eigenvalue weighted by Gasteiger charge is 2.19. The molecule has 170 valence electrons. The number of hydrogen-bond acceptors (Lipinski definition) is 5. The molecule has 3 aromatic carbocycles. The van der Waals surface area contributed by atoms with Crippen LogP contribution in [0.15, 0.2) is 81.4 Å². The van der Waals surface area contributed by atoms with Crippen LogP contribution >= 0.6 is 23.4 Å². The van der Waals surface area contributed by atoms with Crippen LogP contribution in [0.4, 0.5) is 5.69 Å². The molecule has 0 fully saturated rings. The van der Waals surface area contributed by atoms with Crippen LogP contribution in [0.1, 0.15) is 11.1 Å². The van der Waals surface area contributed by atoms with Crippen molar-refractivity contribution in [2.75, 3.05) is 5.32 Å². The molecule has 1 N–H and O–H groups in total. The highest BCUT2D eigenvalue weighted by Crippen LogP contribution is 2.31. The quantitative estimate of drug-likeness (QED) is 0.371. The fourth-order valence-electron chi connectivity index (χ4n) is 3.70. The number of amides is 1. The predicted octanol–water partition coefficient (Wildman–Crippen LogP) is 5.10. The zero-order chi connectivity index (χ0) is 23.8. The van der Waals surface area contributed by atoms with Gasteiger partial charge in [-0.05, 0) is 55.8 Å². The van der Waals surface area contributed by atoms with Crippen molar-refractivity contribution in [1.82, 2.24) is 19.2 Å². The molecule has 34 heavy (non-hydrogen) atoms. The number of halogens is 1. The van der Waals surface area contributed by atoms with Crippen LogP contribution in [0, 0.1) is 13.8 Å². The Hall–Kier alpha value is -3.62. The predicted molar refractivity (Wildman–Crippen MR) is 135 cm³/mol. The standard InChI is InChI=1S/C25H20ClN5O2S/c1-15-7-5-8-17(13-15)34-24-23-29-30(14-22(32)27-19-11-6-9-18(26)16(19)2)25(33)31(23)21-12-4-3-10-20(21)28-24/h3-13H,14H2,1-2H3,(H,27,32). The smallest absolute Gasteiger partial charge is 0.324 e. The van der Waals surface area contributed by atoms with E-state index in [-0.39, 0.29) is 12.5 Å². The van der Waals surface area contributed by atoms with Gasteiger partial charge in [-0.25, -0.2) is 18.9 Å². The van der Waals surface area contributed by atoms with Crippen molar-refractivity contribution in [3.63, 3.8) is 0 Å². The van der Waals surface area contributed by atoms with Crippen molar-refractivity contribution in [2.24, 2.45) is 0 Å². The van der Waals surface area contributed by atoms with E-state index in [4.69, 9.17) is 16.6 Å². The van der Waals surface area contributed by atoms with E-state index in [1.54, 1.807) is 18.2 Å². The molecule has 0 saturated carbocycles. The summed E-state index contributed by atoms with van der Waals surface area (Å²) < 4.78 is 2.68. The summed E-state index contributed by atoms with van der Waals surface area (Å²) in [6.45, 7) is 3.60. The van der Waals surface area contributed by atoms with Crippen LogP contribution < -0.4 is 11.0 Å². The number of aromatic nitrogens is 4. The van der Waals surface area contributed by atoms with Crippen LogP contribution in [0.5, 0.6) is 0 Å². The molecule has 0 atom stereocenters. The van der Waals surface area contributed by atoms with Gasteiger partial charge in [0.1, 0.15) is 11.6 Å². The Kier molecular flexibility index (Phi) is 5.85. The van der Waals surface area contributed by atoms with Crippen molar-refractivity contribution in [3.8, 4) is 0 Å². The molecular weight excluding hydrogens is 470 g/mol. The Bertz CT molecular complexity index is 1630. The first-order valence-electron chi connectivity index (χ1n) is 10.6. The third kappa shape index (κ3) is 4.18. The topological polar surface area (TPSA) is 81.3 Å². The van der Waals surface area contributed by atoms with Gasteiger partial charge in [0.2, 0.25) is 5.91 Å². The monoisotopic (exact) mass is 489 g/mol. The molecule has 7 nitrogen and oxygen atoms in total. The number of anilines is 1. The number of hydrogen-bond donors (Lipinski definition) is 1. The van der Waals surface area contributed by atoms with E-state index in [0.717, 1.165) is 16.0 Å². The Balaban J connectivity index is 1.56. The summed E-state index contributed by atoms with van der Waals surface area (Å²) >= 11 is 7.59. The van der Waals surface area contributed by atoms with Crippen LogP contribution in [0.2, 0.25) is 5.02 Å². The van der Waals surface area contributed by atoms with Crippen LogP contribution in [-0.4, -0.2) is 25.1 Å². The number of benzene rings is 3. The summed E-state index contributed by atoms with van der Waals surface area (Å²) in [7, 11) is 0. The molecule has 0 radical (unpaired) electrons. The minimum Gasteiger partial charge on any atom is -0.324 e. The van der Waals surface area contributed by atoms with E-state index in [1.165, 1.54) is 20.8 Å². The molecule has 9 heteroatoms. The van der Waals surface area contributed by atoms with Gasteiger partial charge in [0.15, 0.2) is 5.65 Å². The van der Waals surface area contributed by atoms with Gasteiger partial charge < -0.3 is 5.32 Å². The van der Waals surface area contributed by atoms with Gasteiger partial charge >= 0.3 is 5.69 Å². The maximum Gasteiger partial charge on any atom is 0.351 e. The van der Waals surface area contributed by atoms with Crippen molar-refractivity contribution in [1.29, 1.82) is 0 Å². The van der Waals surface area contributed by atoms with Crippen molar-refractivity contribution in [2.45, 2.75) is 30.3 Å². The SMILES string of the molecule is Cc1cccc(Sc2nc3ccccc3n3c(=O)n(CC(=O)Nc4cccc(Cl)c4C)nc23)c1. The molecule has 0 spiro atoms. The highest BCUT2D eigenvalue weighted by molar-refractivity contribution is 7.99. The van der Waals surface area contributed by atoms with Gasteiger partial charge in [-0.2, -0.15) is 0 Å². The van der Waals surface area contributed by atoms with Crippen molar-refractivity contribution in [3.05, 3.63) is 93.4 Å². The molecule has 2 heterocycles. The first-order chi connectivity index (χ1) is 16.4. The lowest BCUT2D eigenvalue weighted by atomic mass is 10.2. The van der Waals surface area contributed by atoms with Gasteiger partial charge in [-0.1, -0.05) is 59.3 Å². The fraction of sp³-hybridized carbons (Fsp3) is 0.120. The molecule has 0 aliphatic heterocycles. The molecule has 5 aromatic rings. The Morgan fingerprint density at radius 3 is 2.68 bits per heavy atom. The lowest BCUT2D eigenvalue weighted by molar-refractivity contribution is -0.117. The second kappa shape index (κ2) is 8.96. The Morgan fingerprint density at radius 1 is 1.06 bits per heavy atom. The number of rotatable bonds is 5. The molecule has 5 rings (SSSR count). The number of fused-ring (bicyclic) bond motifs is 3. The van der Waals surface area contributed by atoms with Gasteiger partial charge in [-0.3, -0.25) is 4.79 Å². The lowest BCUT2D eigenvalue weighted by Gasteiger charge is -2.09. The van der Waals surface area contributed by atoms with Crippen molar-refractivity contribution < 1.29 is 4.79 Å². The largest absolute Gasteiger partial charge is 0.351 e. The van der Waals surface area contributed by atoms with E-state index < -0.39 is 5.69 Å². The average Bonchev–Trinajstić information content (AvgIpc) is 3.13. The third-order valence-corrected chi connectivity index (χ3v) is 6.78. The molecular formula is C25H20ClN5O2S. The summed E-state index contributed by atoms with van der Waals surface area (Å²) in [6, 6.07) is 20.7. The molecule has 1 amide bonds. The molecule has 2 aromatic heterocycles.